The number of pyridine rings is 1. The fourth-order valence-corrected chi connectivity index (χ4v) is 1.90. The van der Waals surface area contributed by atoms with E-state index in [0.717, 1.165) is 16.6 Å². The Labute approximate surface area is 114 Å². The molecule has 92 valence electrons. The van der Waals surface area contributed by atoms with Crippen LogP contribution in [-0.4, -0.2) is 22.8 Å². The number of aromatic nitrogens is 1. The molecule has 0 radical (unpaired) electrons. The maximum Gasteiger partial charge on any atom is 0.124 e. The Morgan fingerprint density at radius 1 is 1.28 bits per heavy atom. The molecule has 0 aliphatic carbocycles. The van der Waals surface area contributed by atoms with Crippen LogP contribution in [0.25, 0.3) is 0 Å². The molecule has 1 aromatic heterocycles. The summed E-state index contributed by atoms with van der Waals surface area (Å²) in [6.07, 6.45) is 4.26. The van der Waals surface area contributed by atoms with Crippen molar-refractivity contribution in [3.05, 3.63) is 58.3 Å². The van der Waals surface area contributed by atoms with Gasteiger partial charge in [0.15, 0.2) is 0 Å². The van der Waals surface area contributed by atoms with E-state index in [0.29, 0.717) is 12.1 Å². The Bertz CT molecular complexity index is 541. The van der Waals surface area contributed by atoms with Crippen molar-refractivity contribution in [1.82, 2.24) is 4.98 Å². The van der Waals surface area contributed by atoms with E-state index < -0.39 is 0 Å². The molecule has 1 heterocycles. The molecule has 4 heteroatoms. The Hall–Kier alpha value is -1.68. The fourth-order valence-electron chi connectivity index (χ4n) is 1.52. The molecular formula is C14H13BrN2O. The third-order valence-corrected chi connectivity index (χ3v) is 2.94. The van der Waals surface area contributed by atoms with Gasteiger partial charge >= 0.3 is 0 Å². The molecule has 0 unspecified atom stereocenters. The number of aromatic hydroxyl groups is 1. The van der Waals surface area contributed by atoms with Crippen LogP contribution in [0.2, 0.25) is 0 Å². The molecule has 18 heavy (non-hydrogen) atoms. The van der Waals surface area contributed by atoms with E-state index in [-0.39, 0.29) is 5.75 Å². The van der Waals surface area contributed by atoms with Crippen LogP contribution >= 0.6 is 15.9 Å². The van der Waals surface area contributed by atoms with Crippen molar-refractivity contribution in [2.24, 2.45) is 4.99 Å². The van der Waals surface area contributed by atoms with Crippen LogP contribution in [0.5, 0.6) is 5.75 Å². The maximum atomic E-state index is 9.63. The molecule has 0 saturated carbocycles. The summed E-state index contributed by atoms with van der Waals surface area (Å²) in [4.78, 5) is 8.52. The number of hydrogen-bond donors (Lipinski definition) is 1. The van der Waals surface area contributed by atoms with E-state index in [2.05, 4.69) is 25.9 Å². The second-order valence-corrected chi connectivity index (χ2v) is 4.73. The first-order valence-electron chi connectivity index (χ1n) is 5.64. The van der Waals surface area contributed by atoms with Crippen molar-refractivity contribution < 1.29 is 5.11 Å². The van der Waals surface area contributed by atoms with E-state index in [1.165, 1.54) is 0 Å². The molecule has 0 spiro atoms. The summed E-state index contributed by atoms with van der Waals surface area (Å²) in [5, 5.41) is 9.63. The molecule has 0 aliphatic rings. The van der Waals surface area contributed by atoms with E-state index >= 15 is 0 Å². The molecule has 0 saturated heterocycles. The second kappa shape index (κ2) is 6.31. The number of hydrogen-bond acceptors (Lipinski definition) is 3. The van der Waals surface area contributed by atoms with Crippen LogP contribution in [-0.2, 0) is 6.42 Å². The summed E-state index contributed by atoms with van der Waals surface area (Å²) in [5.74, 6) is 0.236. The number of benzene rings is 1. The van der Waals surface area contributed by atoms with Crippen LogP contribution < -0.4 is 0 Å². The predicted molar refractivity (Wildman–Crippen MR) is 76.2 cm³/mol. The Morgan fingerprint density at radius 3 is 2.94 bits per heavy atom. The molecule has 0 aliphatic heterocycles. The first-order chi connectivity index (χ1) is 8.75. The van der Waals surface area contributed by atoms with Crippen molar-refractivity contribution in [3.63, 3.8) is 0 Å². The lowest BCUT2D eigenvalue weighted by atomic mass is 10.2. The number of nitrogens with zero attached hydrogens (tertiary/aromatic N) is 2. The predicted octanol–water partition coefficient (Wildman–Crippen LogP) is 3.21. The summed E-state index contributed by atoms with van der Waals surface area (Å²) in [6.45, 7) is 0.656. The highest BCUT2D eigenvalue weighted by Gasteiger charge is 1.98. The van der Waals surface area contributed by atoms with Gasteiger partial charge in [0.2, 0.25) is 0 Å². The van der Waals surface area contributed by atoms with Crippen molar-refractivity contribution in [2.45, 2.75) is 6.42 Å². The molecule has 0 fully saturated rings. The lowest BCUT2D eigenvalue weighted by Gasteiger charge is -1.99. The van der Waals surface area contributed by atoms with Crippen molar-refractivity contribution >= 4 is 22.1 Å². The topological polar surface area (TPSA) is 45.5 Å². The van der Waals surface area contributed by atoms with Crippen LogP contribution in [0.4, 0.5) is 0 Å². The molecule has 3 nitrogen and oxygen atoms in total. The Kier molecular flexibility index (Phi) is 4.47. The molecule has 0 bridgehead atoms. The quantitative estimate of drug-likeness (QED) is 0.882. The fraction of sp³-hybridized carbons (Fsp3) is 0.143. The minimum atomic E-state index is 0.236. The van der Waals surface area contributed by atoms with Gasteiger partial charge in [0.1, 0.15) is 5.75 Å². The van der Waals surface area contributed by atoms with Crippen molar-refractivity contribution in [2.75, 3.05) is 6.54 Å². The third kappa shape index (κ3) is 3.67. The van der Waals surface area contributed by atoms with Gasteiger partial charge in [-0.25, -0.2) is 0 Å². The first-order valence-corrected chi connectivity index (χ1v) is 6.43. The van der Waals surface area contributed by atoms with Crippen LogP contribution in [0.1, 0.15) is 11.3 Å². The van der Waals surface area contributed by atoms with Crippen LogP contribution in [0, 0.1) is 0 Å². The lowest BCUT2D eigenvalue weighted by molar-refractivity contribution is 0.474. The highest BCUT2D eigenvalue weighted by Crippen LogP contribution is 2.19. The molecule has 2 aromatic rings. The zero-order chi connectivity index (χ0) is 12.8. The van der Waals surface area contributed by atoms with Gasteiger partial charge in [0, 0.05) is 41.1 Å². The van der Waals surface area contributed by atoms with Gasteiger partial charge in [-0.3, -0.25) is 9.98 Å². The number of phenols is 1. The average molecular weight is 305 g/mol. The molecular weight excluding hydrogens is 292 g/mol. The largest absolute Gasteiger partial charge is 0.507 e. The molecule has 1 aromatic carbocycles. The zero-order valence-corrected chi connectivity index (χ0v) is 11.3. The smallest absolute Gasteiger partial charge is 0.124 e. The van der Waals surface area contributed by atoms with Crippen LogP contribution in [0.15, 0.2) is 52.1 Å². The van der Waals surface area contributed by atoms with E-state index in [1.54, 1.807) is 24.5 Å². The second-order valence-electron chi connectivity index (χ2n) is 3.81. The number of phenolic OH excluding ortho intramolecular Hbond substituents is 1. The first kappa shape index (κ1) is 12.8. The molecule has 0 atom stereocenters. The highest BCUT2D eigenvalue weighted by atomic mass is 79.9. The summed E-state index contributed by atoms with van der Waals surface area (Å²) in [7, 11) is 0. The lowest BCUT2D eigenvalue weighted by Crippen LogP contribution is -1.93. The normalized spacial score (nSPS) is 10.9. The zero-order valence-electron chi connectivity index (χ0n) is 9.75. The number of aliphatic imine (C=N–C) groups is 1. The summed E-state index contributed by atoms with van der Waals surface area (Å²) in [5.41, 5.74) is 1.73. The standard InChI is InChI=1S/C14H13BrN2O/c15-12-4-5-14(18)11(9-12)10-16-8-6-13-3-1-2-7-17-13/h1-5,7,9-10,18H,6,8H2. The van der Waals surface area contributed by atoms with E-state index in [9.17, 15) is 5.11 Å². The third-order valence-electron chi connectivity index (χ3n) is 2.44. The van der Waals surface area contributed by atoms with Gasteiger partial charge in [-0.2, -0.15) is 0 Å². The Balaban J connectivity index is 1.94. The summed E-state index contributed by atoms with van der Waals surface area (Å²) >= 11 is 3.36. The molecule has 2 rings (SSSR count). The minimum absolute atomic E-state index is 0.236. The maximum absolute atomic E-state index is 9.63. The van der Waals surface area contributed by atoms with Gasteiger partial charge in [0.25, 0.3) is 0 Å². The van der Waals surface area contributed by atoms with Gasteiger partial charge in [-0.15, -0.1) is 0 Å². The monoisotopic (exact) mass is 304 g/mol. The van der Waals surface area contributed by atoms with Gasteiger partial charge in [-0.1, -0.05) is 22.0 Å². The van der Waals surface area contributed by atoms with E-state index in [4.69, 9.17) is 0 Å². The number of rotatable bonds is 4. The van der Waals surface area contributed by atoms with Crippen LogP contribution in [0.3, 0.4) is 0 Å². The van der Waals surface area contributed by atoms with E-state index in [1.807, 2.05) is 24.3 Å². The Morgan fingerprint density at radius 2 is 2.17 bits per heavy atom. The number of halogens is 1. The van der Waals surface area contributed by atoms with Gasteiger partial charge < -0.3 is 5.11 Å². The van der Waals surface area contributed by atoms with Gasteiger partial charge in [0.05, 0.1) is 0 Å². The summed E-state index contributed by atoms with van der Waals surface area (Å²) in [6, 6.07) is 11.1. The summed E-state index contributed by atoms with van der Waals surface area (Å²) < 4.78 is 0.923. The van der Waals surface area contributed by atoms with Crippen molar-refractivity contribution in [1.29, 1.82) is 0 Å². The highest BCUT2D eigenvalue weighted by molar-refractivity contribution is 9.10. The molecule has 1 N–H and O–H groups in total. The van der Waals surface area contributed by atoms with Gasteiger partial charge in [-0.05, 0) is 30.3 Å². The average Bonchev–Trinajstić information content (AvgIpc) is 2.40. The molecule has 0 amide bonds. The van der Waals surface area contributed by atoms with Crippen molar-refractivity contribution in [3.8, 4) is 5.75 Å². The minimum Gasteiger partial charge on any atom is -0.507 e. The SMILES string of the molecule is Oc1ccc(Br)cc1C=NCCc1ccccn1.